The van der Waals surface area contributed by atoms with Crippen molar-refractivity contribution in [3.05, 3.63) is 94.2 Å². The van der Waals surface area contributed by atoms with Gasteiger partial charge in [-0.2, -0.15) is 0 Å². The van der Waals surface area contributed by atoms with Gasteiger partial charge in [0.25, 0.3) is 0 Å². The Morgan fingerprint density at radius 3 is 2.39 bits per heavy atom. The second-order valence-corrected chi connectivity index (χ2v) is 8.01. The molecule has 146 valence electrons. The van der Waals surface area contributed by atoms with Crippen LogP contribution in [0.5, 0.6) is 0 Å². The molecule has 0 aliphatic carbocycles. The molecule has 0 unspecified atom stereocenters. The fourth-order valence-electron chi connectivity index (χ4n) is 3.25. The molecule has 0 spiro atoms. The predicted octanol–water partition coefficient (Wildman–Crippen LogP) is 6.02. The standard InChI is InChI=1S/C24H27BrN2O/c1-2-3-11-24(28)27(18-20-8-5-4-6-9-20)19-23-10-7-16-26(23)17-21-12-14-22(25)15-13-21/h4-10,12-16H,2-3,11,17-19H2,1H3. The third-order valence-corrected chi connectivity index (χ3v) is 5.38. The lowest BCUT2D eigenvalue weighted by Gasteiger charge is -2.24. The quantitative estimate of drug-likeness (QED) is 0.400. The second-order valence-electron chi connectivity index (χ2n) is 7.09. The molecule has 4 heteroatoms. The molecule has 2 aromatic carbocycles. The summed E-state index contributed by atoms with van der Waals surface area (Å²) in [5, 5.41) is 0. The molecule has 0 aliphatic rings. The SMILES string of the molecule is CCCCC(=O)N(Cc1ccccc1)Cc1cccn1Cc1ccc(Br)cc1. The van der Waals surface area contributed by atoms with Gasteiger partial charge in [-0.1, -0.05) is 71.7 Å². The summed E-state index contributed by atoms with van der Waals surface area (Å²) < 4.78 is 3.31. The molecule has 3 aromatic rings. The van der Waals surface area contributed by atoms with Crippen LogP contribution in [0.1, 0.15) is 43.0 Å². The van der Waals surface area contributed by atoms with Gasteiger partial charge in [-0.15, -0.1) is 0 Å². The number of amides is 1. The first kappa shape index (κ1) is 20.4. The van der Waals surface area contributed by atoms with E-state index in [0.717, 1.165) is 29.6 Å². The van der Waals surface area contributed by atoms with Gasteiger partial charge in [-0.3, -0.25) is 4.79 Å². The normalized spacial score (nSPS) is 10.8. The summed E-state index contributed by atoms with van der Waals surface area (Å²) in [6, 6.07) is 22.8. The highest BCUT2D eigenvalue weighted by Gasteiger charge is 2.16. The summed E-state index contributed by atoms with van der Waals surface area (Å²) in [6.45, 7) is 4.20. The van der Waals surface area contributed by atoms with Crippen LogP contribution < -0.4 is 0 Å². The Morgan fingerprint density at radius 1 is 0.929 bits per heavy atom. The fourth-order valence-corrected chi connectivity index (χ4v) is 3.52. The van der Waals surface area contributed by atoms with Crippen molar-refractivity contribution in [1.29, 1.82) is 0 Å². The number of carbonyl (C=O) groups is 1. The van der Waals surface area contributed by atoms with Gasteiger partial charge in [0.2, 0.25) is 5.91 Å². The average molecular weight is 439 g/mol. The van der Waals surface area contributed by atoms with Gasteiger partial charge in [0.15, 0.2) is 0 Å². The highest BCUT2D eigenvalue weighted by atomic mass is 79.9. The van der Waals surface area contributed by atoms with Crippen LogP contribution in [0.15, 0.2) is 77.4 Å². The summed E-state index contributed by atoms with van der Waals surface area (Å²) in [5.74, 6) is 0.224. The number of carbonyl (C=O) groups excluding carboxylic acids is 1. The van der Waals surface area contributed by atoms with Crippen molar-refractivity contribution in [3.63, 3.8) is 0 Å². The van der Waals surface area contributed by atoms with Gasteiger partial charge in [0, 0.05) is 35.9 Å². The van der Waals surface area contributed by atoms with Crippen molar-refractivity contribution in [2.24, 2.45) is 0 Å². The molecule has 0 aliphatic heterocycles. The Hall–Kier alpha value is -2.33. The Labute approximate surface area is 176 Å². The number of nitrogens with zero attached hydrogens (tertiary/aromatic N) is 2. The molecule has 28 heavy (non-hydrogen) atoms. The highest BCUT2D eigenvalue weighted by molar-refractivity contribution is 9.10. The van der Waals surface area contributed by atoms with Crippen LogP contribution in [0, 0.1) is 0 Å². The Bertz CT molecular complexity index is 871. The smallest absolute Gasteiger partial charge is 0.223 e. The lowest BCUT2D eigenvalue weighted by atomic mass is 10.1. The number of unbranched alkanes of at least 4 members (excludes halogenated alkanes) is 1. The minimum absolute atomic E-state index is 0.224. The zero-order valence-electron chi connectivity index (χ0n) is 16.4. The van der Waals surface area contributed by atoms with E-state index < -0.39 is 0 Å². The molecule has 0 radical (unpaired) electrons. The van der Waals surface area contributed by atoms with Gasteiger partial charge < -0.3 is 9.47 Å². The lowest BCUT2D eigenvalue weighted by Crippen LogP contribution is -2.30. The number of benzene rings is 2. The molecule has 3 rings (SSSR count). The maximum absolute atomic E-state index is 12.9. The molecular formula is C24H27BrN2O. The number of hydrogen-bond donors (Lipinski definition) is 0. The summed E-state index contributed by atoms with van der Waals surface area (Å²) in [7, 11) is 0. The lowest BCUT2D eigenvalue weighted by molar-refractivity contribution is -0.132. The maximum Gasteiger partial charge on any atom is 0.223 e. The molecule has 0 bridgehead atoms. The molecule has 3 nitrogen and oxygen atoms in total. The number of rotatable bonds is 9. The van der Waals surface area contributed by atoms with E-state index in [1.165, 1.54) is 11.1 Å². The fraction of sp³-hybridized carbons (Fsp3) is 0.292. The summed E-state index contributed by atoms with van der Waals surface area (Å²) in [5.41, 5.74) is 3.56. The number of halogens is 1. The van der Waals surface area contributed by atoms with Crippen molar-refractivity contribution >= 4 is 21.8 Å². The highest BCUT2D eigenvalue weighted by Crippen LogP contribution is 2.16. The van der Waals surface area contributed by atoms with Gasteiger partial charge >= 0.3 is 0 Å². The van der Waals surface area contributed by atoms with Gasteiger partial charge in [0.1, 0.15) is 0 Å². The van der Waals surface area contributed by atoms with E-state index in [4.69, 9.17) is 0 Å². The third kappa shape index (κ3) is 5.83. The van der Waals surface area contributed by atoms with Crippen molar-refractivity contribution in [2.45, 2.75) is 45.8 Å². The molecule has 1 amide bonds. The maximum atomic E-state index is 12.9. The number of hydrogen-bond acceptors (Lipinski definition) is 1. The summed E-state index contributed by atoms with van der Waals surface area (Å²) >= 11 is 3.49. The molecule has 0 saturated carbocycles. The first-order valence-electron chi connectivity index (χ1n) is 9.86. The topological polar surface area (TPSA) is 25.2 Å². The molecule has 0 fully saturated rings. The average Bonchev–Trinajstić information content (AvgIpc) is 3.15. The largest absolute Gasteiger partial charge is 0.345 e. The van der Waals surface area contributed by atoms with Gasteiger partial charge in [0.05, 0.1) is 6.54 Å². The molecule has 0 saturated heterocycles. The zero-order chi connectivity index (χ0) is 19.8. The van der Waals surface area contributed by atoms with E-state index >= 15 is 0 Å². The zero-order valence-corrected chi connectivity index (χ0v) is 17.9. The van der Waals surface area contributed by atoms with Crippen molar-refractivity contribution in [2.75, 3.05) is 0 Å². The van der Waals surface area contributed by atoms with Crippen molar-refractivity contribution < 1.29 is 4.79 Å². The molecule has 1 aromatic heterocycles. The van der Waals surface area contributed by atoms with Crippen LogP contribution >= 0.6 is 15.9 Å². The van der Waals surface area contributed by atoms with E-state index in [0.29, 0.717) is 19.5 Å². The first-order chi connectivity index (χ1) is 13.7. The van der Waals surface area contributed by atoms with Crippen molar-refractivity contribution in [1.82, 2.24) is 9.47 Å². The molecule has 0 N–H and O–H groups in total. The number of aromatic nitrogens is 1. The minimum Gasteiger partial charge on any atom is -0.345 e. The van der Waals surface area contributed by atoms with E-state index in [2.05, 4.69) is 82.1 Å². The van der Waals surface area contributed by atoms with Crippen LogP contribution in [0.25, 0.3) is 0 Å². The Balaban J connectivity index is 1.75. The van der Waals surface area contributed by atoms with Crippen molar-refractivity contribution in [3.8, 4) is 0 Å². The van der Waals surface area contributed by atoms with Crippen LogP contribution in [0.3, 0.4) is 0 Å². The monoisotopic (exact) mass is 438 g/mol. The van der Waals surface area contributed by atoms with E-state index in [1.54, 1.807) is 0 Å². The summed E-state index contributed by atoms with van der Waals surface area (Å²) in [4.78, 5) is 14.8. The minimum atomic E-state index is 0.224. The Kier molecular flexibility index (Phi) is 7.49. The Morgan fingerprint density at radius 2 is 1.68 bits per heavy atom. The third-order valence-electron chi connectivity index (χ3n) is 4.86. The molecule has 1 heterocycles. The van der Waals surface area contributed by atoms with Crippen LogP contribution in [-0.2, 0) is 24.4 Å². The van der Waals surface area contributed by atoms with Gasteiger partial charge in [-0.25, -0.2) is 0 Å². The molecular weight excluding hydrogens is 412 g/mol. The van der Waals surface area contributed by atoms with Crippen LogP contribution in [0.2, 0.25) is 0 Å². The predicted molar refractivity (Wildman–Crippen MR) is 118 cm³/mol. The van der Waals surface area contributed by atoms with Gasteiger partial charge in [-0.05, 0) is 41.8 Å². The van der Waals surface area contributed by atoms with E-state index in [9.17, 15) is 4.79 Å². The van der Waals surface area contributed by atoms with E-state index in [-0.39, 0.29) is 5.91 Å². The van der Waals surface area contributed by atoms with Crippen LogP contribution in [-0.4, -0.2) is 15.4 Å². The van der Waals surface area contributed by atoms with E-state index in [1.807, 2.05) is 23.1 Å². The molecule has 0 atom stereocenters. The van der Waals surface area contributed by atoms with Crippen LogP contribution in [0.4, 0.5) is 0 Å². The second kappa shape index (κ2) is 10.3. The summed E-state index contributed by atoms with van der Waals surface area (Å²) in [6.07, 6.45) is 4.67. The first-order valence-corrected chi connectivity index (χ1v) is 10.6.